The van der Waals surface area contributed by atoms with E-state index in [1.165, 1.54) is 48.4 Å². The molecule has 5 heteroatoms. The van der Waals surface area contributed by atoms with Crippen LogP contribution in [0.25, 0.3) is 0 Å². The Morgan fingerprint density at radius 3 is 1.26 bits per heavy atom. The van der Waals surface area contributed by atoms with Gasteiger partial charge in [-0.3, -0.25) is 0 Å². The van der Waals surface area contributed by atoms with Crippen molar-refractivity contribution in [3.05, 3.63) is 0 Å². The standard InChI is InChI=1S/C22H44Br2OSi2/c1-21(2,3)26(7,11-9-17-13-19(17)15-23)25-27(8,22(4,5)6)12-10-18-14-20(18)16-24/h17-20H,9-16H2,1-8H3. The predicted octanol–water partition coefficient (Wildman–Crippen LogP) is 8.60. The molecule has 2 rings (SSSR count). The Balaban J connectivity index is 2.09. The number of rotatable bonds is 10. The molecule has 0 aliphatic heterocycles. The third kappa shape index (κ3) is 6.18. The fourth-order valence-electron chi connectivity index (χ4n) is 4.28. The Labute approximate surface area is 188 Å². The van der Waals surface area contributed by atoms with Crippen LogP contribution in [-0.2, 0) is 4.12 Å². The van der Waals surface area contributed by atoms with Gasteiger partial charge in [-0.25, -0.2) is 0 Å². The molecular weight excluding hydrogens is 496 g/mol. The molecule has 0 aromatic carbocycles. The van der Waals surface area contributed by atoms with Crippen LogP contribution >= 0.6 is 31.9 Å². The van der Waals surface area contributed by atoms with Crippen molar-refractivity contribution in [1.82, 2.24) is 0 Å². The molecular formula is C22H44Br2OSi2. The van der Waals surface area contributed by atoms with Crippen molar-refractivity contribution in [2.75, 3.05) is 10.7 Å². The van der Waals surface area contributed by atoms with Gasteiger partial charge < -0.3 is 4.12 Å². The van der Waals surface area contributed by atoms with Crippen LogP contribution in [0.2, 0.25) is 35.3 Å². The summed E-state index contributed by atoms with van der Waals surface area (Å²) < 4.78 is 7.50. The molecule has 0 N–H and O–H groups in total. The molecule has 2 saturated carbocycles. The van der Waals surface area contributed by atoms with Gasteiger partial charge in [0.1, 0.15) is 0 Å². The van der Waals surface area contributed by atoms with Crippen LogP contribution in [0.5, 0.6) is 0 Å². The highest BCUT2D eigenvalue weighted by Gasteiger charge is 2.52. The maximum atomic E-state index is 7.50. The Bertz CT molecular complexity index is 458. The van der Waals surface area contributed by atoms with Crippen LogP contribution in [-0.4, -0.2) is 27.3 Å². The van der Waals surface area contributed by atoms with Crippen LogP contribution < -0.4 is 0 Å². The van der Waals surface area contributed by atoms with Gasteiger partial charge in [0.15, 0.2) is 16.6 Å². The van der Waals surface area contributed by atoms with Gasteiger partial charge in [-0.15, -0.1) is 0 Å². The smallest absolute Gasteiger partial charge is 0.182 e. The first-order valence-electron chi connectivity index (χ1n) is 11.1. The van der Waals surface area contributed by atoms with Crippen molar-refractivity contribution in [2.24, 2.45) is 23.7 Å². The second-order valence-electron chi connectivity index (χ2n) is 12.0. The fraction of sp³-hybridized carbons (Fsp3) is 1.00. The lowest BCUT2D eigenvalue weighted by Gasteiger charge is -2.50. The molecule has 6 unspecified atom stereocenters. The van der Waals surface area contributed by atoms with Crippen LogP contribution in [0, 0.1) is 23.7 Å². The zero-order valence-corrected chi connectivity index (χ0v) is 24.3. The monoisotopic (exact) mass is 538 g/mol. The summed E-state index contributed by atoms with van der Waals surface area (Å²) >= 11 is 7.37. The van der Waals surface area contributed by atoms with E-state index in [9.17, 15) is 0 Å². The Kier molecular flexibility index (Phi) is 8.06. The highest BCUT2D eigenvalue weighted by Crippen LogP contribution is 2.53. The van der Waals surface area contributed by atoms with E-state index < -0.39 is 16.6 Å². The van der Waals surface area contributed by atoms with Crippen LogP contribution in [0.1, 0.15) is 67.2 Å². The Hall–Kier alpha value is 1.35. The van der Waals surface area contributed by atoms with E-state index in [4.69, 9.17) is 4.12 Å². The molecule has 0 bridgehead atoms. The van der Waals surface area contributed by atoms with Crippen molar-refractivity contribution in [2.45, 2.75) is 102 Å². The number of hydrogen-bond donors (Lipinski definition) is 0. The Morgan fingerprint density at radius 2 is 1.04 bits per heavy atom. The maximum Gasteiger partial charge on any atom is 0.182 e. The molecule has 2 aliphatic rings. The minimum Gasteiger partial charge on any atom is -0.454 e. The molecule has 160 valence electrons. The lowest BCUT2D eigenvalue weighted by molar-refractivity contribution is 0.423. The predicted molar refractivity (Wildman–Crippen MR) is 133 cm³/mol. The van der Waals surface area contributed by atoms with Gasteiger partial charge in [-0.2, -0.15) is 0 Å². The minimum absolute atomic E-state index is 0.309. The normalized spacial score (nSPS) is 32.7. The molecule has 2 aliphatic carbocycles. The van der Waals surface area contributed by atoms with E-state index in [2.05, 4.69) is 86.5 Å². The maximum absolute atomic E-state index is 7.50. The van der Waals surface area contributed by atoms with Gasteiger partial charge in [0.25, 0.3) is 0 Å². The van der Waals surface area contributed by atoms with Crippen LogP contribution in [0.4, 0.5) is 0 Å². The highest BCUT2D eigenvalue weighted by atomic mass is 79.9. The molecule has 0 radical (unpaired) electrons. The molecule has 2 fully saturated rings. The lowest BCUT2D eigenvalue weighted by Crippen LogP contribution is -2.57. The molecule has 0 heterocycles. The van der Waals surface area contributed by atoms with Gasteiger partial charge >= 0.3 is 0 Å². The van der Waals surface area contributed by atoms with Crippen LogP contribution in [0.15, 0.2) is 0 Å². The molecule has 0 amide bonds. The van der Waals surface area contributed by atoms with E-state index in [1.54, 1.807) is 0 Å². The molecule has 27 heavy (non-hydrogen) atoms. The van der Waals surface area contributed by atoms with Gasteiger partial charge in [0.2, 0.25) is 0 Å². The van der Waals surface area contributed by atoms with Crippen molar-refractivity contribution in [3.8, 4) is 0 Å². The summed E-state index contributed by atoms with van der Waals surface area (Å²) in [6.07, 6.45) is 5.64. The molecule has 0 aromatic heterocycles. The minimum atomic E-state index is -1.80. The average molecular weight is 541 g/mol. The SMILES string of the molecule is CC(C)(C)[Si](C)(CCC1CC1CBr)O[Si](C)(CCC1CC1CBr)C(C)(C)C. The summed E-state index contributed by atoms with van der Waals surface area (Å²) in [4.78, 5) is 0. The number of hydrogen-bond acceptors (Lipinski definition) is 1. The van der Waals surface area contributed by atoms with Crippen molar-refractivity contribution in [3.63, 3.8) is 0 Å². The van der Waals surface area contributed by atoms with E-state index in [1.807, 2.05) is 0 Å². The molecule has 0 saturated heterocycles. The fourth-order valence-corrected chi connectivity index (χ4v) is 16.5. The van der Waals surface area contributed by atoms with Gasteiger partial charge in [0, 0.05) is 10.7 Å². The second-order valence-corrected chi connectivity index (χ2v) is 23.0. The number of alkyl halides is 2. The molecule has 1 nitrogen and oxygen atoms in total. The third-order valence-corrected chi connectivity index (χ3v) is 22.2. The average Bonchev–Trinajstić information content (AvgIpc) is 3.43. The first-order valence-corrected chi connectivity index (χ1v) is 18.6. The summed E-state index contributed by atoms with van der Waals surface area (Å²) in [7, 11) is -3.60. The van der Waals surface area contributed by atoms with Crippen molar-refractivity contribution >= 4 is 48.5 Å². The summed E-state index contributed by atoms with van der Waals surface area (Å²) in [6.45, 7) is 19.8. The molecule has 0 spiro atoms. The molecule has 0 aromatic rings. The second kappa shape index (κ2) is 8.84. The summed E-state index contributed by atoms with van der Waals surface area (Å²) in [5, 5.41) is 3.00. The van der Waals surface area contributed by atoms with Gasteiger partial charge in [-0.1, -0.05) is 86.2 Å². The van der Waals surface area contributed by atoms with Crippen molar-refractivity contribution < 1.29 is 4.12 Å². The number of halogens is 2. The Morgan fingerprint density at radius 1 is 0.704 bits per heavy atom. The quantitative estimate of drug-likeness (QED) is 0.199. The van der Waals surface area contributed by atoms with Gasteiger partial charge in [0.05, 0.1) is 0 Å². The molecule has 6 atom stereocenters. The van der Waals surface area contributed by atoms with Crippen LogP contribution in [0.3, 0.4) is 0 Å². The third-order valence-electron chi connectivity index (χ3n) is 8.14. The highest BCUT2D eigenvalue weighted by molar-refractivity contribution is 9.09. The van der Waals surface area contributed by atoms with Crippen molar-refractivity contribution in [1.29, 1.82) is 0 Å². The van der Waals surface area contributed by atoms with E-state index in [0.717, 1.165) is 23.7 Å². The zero-order chi connectivity index (χ0) is 20.7. The topological polar surface area (TPSA) is 9.23 Å². The first-order chi connectivity index (χ1) is 12.3. The van der Waals surface area contributed by atoms with E-state index in [0.29, 0.717) is 10.1 Å². The van der Waals surface area contributed by atoms with E-state index >= 15 is 0 Å². The zero-order valence-electron chi connectivity index (χ0n) is 19.1. The first kappa shape index (κ1) is 24.6. The summed E-state index contributed by atoms with van der Waals surface area (Å²) in [5.74, 6) is 3.78. The summed E-state index contributed by atoms with van der Waals surface area (Å²) in [5.41, 5.74) is 0. The summed E-state index contributed by atoms with van der Waals surface area (Å²) in [6, 6.07) is 2.69. The lowest BCUT2D eigenvalue weighted by atomic mass is 10.2. The van der Waals surface area contributed by atoms with E-state index in [-0.39, 0.29) is 0 Å². The van der Waals surface area contributed by atoms with Gasteiger partial charge in [-0.05, 0) is 71.8 Å². The largest absolute Gasteiger partial charge is 0.454 e.